The lowest BCUT2D eigenvalue weighted by molar-refractivity contribution is -0.122. The average Bonchev–Trinajstić information content (AvgIpc) is 2.65. The highest BCUT2D eigenvalue weighted by Gasteiger charge is 2.16. The number of carbonyl (C=O) groups is 1. The van der Waals surface area contributed by atoms with Gasteiger partial charge in [-0.15, -0.1) is 0 Å². The molecule has 0 radical (unpaired) electrons. The minimum Gasteiger partial charge on any atom is -0.378 e. The lowest BCUT2D eigenvalue weighted by Gasteiger charge is -2.23. The van der Waals surface area contributed by atoms with Crippen molar-refractivity contribution >= 4 is 5.91 Å². The summed E-state index contributed by atoms with van der Waals surface area (Å²) in [5.74, 6) is -0.0599. The quantitative estimate of drug-likeness (QED) is 0.794. The average molecular weight is 342 g/mol. The van der Waals surface area contributed by atoms with Crippen molar-refractivity contribution in [2.45, 2.75) is 19.0 Å². The smallest absolute Gasteiger partial charge is 0.266 e. The largest absolute Gasteiger partial charge is 0.378 e. The summed E-state index contributed by atoms with van der Waals surface area (Å²) < 4.78 is 6.71. The third-order valence-corrected chi connectivity index (χ3v) is 4.01. The van der Waals surface area contributed by atoms with Gasteiger partial charge in [-0.25, -0.2) is 4.68 Å². The van der Waals surface area contributed by atoms with Gasteiger partial charge in [-0.1, -0.05) is 30.3 Å². The third-order valence-electron chi connectivity index (χ3n) is 4.01. The van der Waals surface area contributed by atoms with Gasteiger partial charge in [-0.2, -0.15) is 5.10 Å². The molecule has 1 aliphatic rings. The molecule has 1 atom stereocenters. The Labute approximate surface area is 146 Å². The number of ether oxygens (including phenoxy) is 1. The molecule has 1 fully saturated rings. The molecule has 7 heteroatoms. The van der Waals surface area contributed by atoms with Crippen molar-refractivity contribution in [1.29, 1.82) is 0 Å². The number of nitrogens with zero attached hydrogens (tertiary/aromatic N) is 2. The van der Waals surface area contributed by atoms with E-state index >= 15 is 0 Å². The molecule has 25 heavy (non-hydrogen) atoms. The van der Waals surface area contributed by atoms with Gasteiger partial charge in [0.1, 0.15) is 0 Å². The van der Waals surface area contributed by atoms with Crippen LogP contribution in [0.1, 0.15) is 6.42 Å². The van der Waals surface area contributed by atoms with Gasteiger partial charge < -0.3 is 15.4 Å². The molecule has 1 aromatic carbocycles. The van der Waals surface area contributed by atoms with Crippen LogP contribution in [0.3, 0.4) is 0 Å². The zero-order valence-corrected chi connectivity index (χ0v) is 14.0. The molecule has 2 N–H and O–H groups in total. The van der Waals surface area contributed by atoms with E-state index in [0.29, 0.717) is 32.7 Å². The topological polar surface area (TPSA) is 85.2 Å². The van der Waals surface area contributed by atoms with Crippen LogP contribution in [-0.2, 0) is 16.1 Å². The normalized spacial score (nSPS) is 17.2. The van der Waals surface area contributed by atoms with Crippen molar-refractivity contribution < 1.29 is 9.53 Å². The number of hydrogen-bond donors (Lipinski definition) is 2. The van der Waals surface area contributed by atoms with E-state index in [0.717, 1.165) is 17.8 Å². The monoisotopic (exact) mass is 342 g/mol. The number of rotatable bonds is 6. The maximum absolute atomic E-state index is 12.0. The van der Waals surface area contributed by atoms with E-state index in [1.165, 1.54) is 10.7 Å². The Morgan fingerprint density at radius 2 is 2.12 bits per heavy atom. The minimum atomic E-state index is -0.184. The van der Waals surface area contributed by atoms with Crippen LogP contribution in [-0.4, -0.2) is 48.0 Å². The second-order valence-corrected chi connectivity index (χ2v) is 5.93. The Kier molecular flexibility index (Phi) is 5.92. The zero-order valence-electron chi connectivity index (χ0n) is 14.0. The van der Waals surface area contributed by atoms with Crippen LogP contribution in [0.25, 0.3) is 11.3 Å². The fraction of sp³-hybridized carbons (Fsp3) is 0.389. The molecule has 0 bridgehead atoms. The predicted octanol–water partition coefficient (Wildman–Crippen LogP) is 0.405. The molecule has 1 amide bonds. The van der Waals surface area contributed by atoms with Crippen molar-refractivity contribution in [2.75, 3.05) is 26.3 Å². The van der Waals surface area contributed by atoms with E-state index in [1.807, 2.05) is 30.3 Å². The number of morpholine rings is 1. The first-order valence-corrected chi connectivity index (χ1v) is 8.44. The van der Waals surface area contributed by atoms with Gasteiger partial charge in [-0.3, -0.25) is 9.59 Å². The first kappa shape index (κ1) is 17.3. The fourth-order valence-corrected chi connectivity index (χ4v) is 2.72. The lowest BCUT2D eigenvalue weighted by atomic mass is 10.1. The molecular weight excluding hydrogens is 320 g/mol. The van der Waals surface area contributed by atoms with E-state index in [1.54, 1.807) is 6.07 Å². The van der Waals surface area contributed by atoms with Gasteiger partial charge in [0, 0.05) is 37.2 Å². The Morgan fingerprint density at radius 3 is 2.88 bits per heavy atom. The fourth-order valence-electron chi connectivity index (χ4n) is 2.72. The summed E-state index contributed by atoms with van der Waals surface area (Å²) in [6.45, 7) is 2.69. The lowest BCUT2D eigenvalue weighted by Crippen LogP contribution is -2.44. The molecule has 2 heterocycles. The van der Waals surface area contributed by atoms with Gasteiger partial charge in [0.15, 0.2) is 0 Å². The van der Waals surface area contributed by atoms with Crippen LogP contribution in [0, 0.1) is 0 Å². The zero-order chi connectivity index (χ0) is 17.5. The van der Waals surface area contributed by atoms with Gasteiger partial charge in [-0.05, 0) is 6.07 Å². The number of carbonyl (C=O) groups excluding carboxylic acids is 1. The standard InChI is InChI=1S/C18H22N4O3/c23-17(12-15-13-25-11-9-19-15)20-8-10-22-18(24)7-6-16(21-22)14-4-2-1-3-5-14/h1-7,15,19H,8-13H2,(H,20,23)/t15-/m0/s1. The first-order chi connectivity index (χ1) is 12.2. The molecule has 1 aromatic heterocycles. The molecule has 1 aliphatic heterocycles. The highest BCUT2D eigenvalue weighted by molar-refractivity contribution is 5.76. The van der Waals surface area contributed by atoms with Crippen molar-refractivity contribution in [3.05, 3.63) is 52.8 Å². The Balaban J connectivity index is 1.54. The Morgan fingerprint density at radius 1 is 1.28 bits per heavy atom. The predicted molar refractivity (Wildman–Crippen MR) is 94.2 cm³/mol. The molecule has 3 rings (SSSR count). The SMILES string of the molecule is O=C(C[C@H]1COCCN1)NCCn1nc(-c2ccccc2)ccc1=O. The van der Waals surface area contributed by atoms with Gasteiger partial charge in [0.25, 0.3) is 5.56 Å². The summed E-state index contributed by atoms with van der Waals surface area (Å²) in [5.41, 5.74) is 1.50. The summed E-state index contributed by atoms with van der Waals surface area (Å²) in [6, 6.07) is 12.9. The molecule has 2 aromatic rings. The highest BCUT2D eigenvalue weighted by Crippen LogP contribution is 2.13. The third kappa shape index (κ3) is 4.98. The summed E-state index contributed by atoms with van der Waals surface area (Å²) in [5, 5.41) is 10.4. The Bertz CT molecular complexity index is 754. The number of amides is 1. The maximum Gasteiger partial charge on any atom is 0.266 e. The van der Waals surface area contributed by atoms with E-state index in [4.69, 9.17) is 4.74 Å². The van der Waals surface area contributed by atoms with Crippen molar-refractivity contribution in [3.8, 4) is 11.3 Å². The van der Waals surface area contributed by atoms with Gasteiger partial charge in [0.2, 0.25) is 5.91 Å². The first-order valence-electron chi connectivity index (χ1n) is 8.44. The van der Waals surface area contributed by atoms with Crippen LogP contribution < -0.4 is 16.2 Å². The van der Waals surface area contributed by atoms with Crippen molar-refractivity contribution in [1.82, 2.24) is 20.4 Å². The van der Waals surface area contributed by atoms with Crippen LogP contribution in [0.15, 0.2) is 47.3 Å². The number of nitrogens with one attached hydrogen (secondary N) is 2. The van der Waals surface area contributed by atoms with E-state index in [9.17, 15) is 9.59 Å². The van der Waals surface area contributed by atoms with Crippen molar-refractivity contribution in [2.24, 2.45) is 0 Å². The van der Waals surface area contributed by atoms with Crippen LogP contribution in [0.5, 0.6) is 0 Å². The summed E-state index contributed by atoms with van der Waals surface area (Å²) in [7, 11) is 0. The van der Waals surface area contributed by atoms with Crippen molar-refractivity contribution in [3.63, 3.8) is 0 Å². The molecule has 0 aliphatic carbocycles. The number of hydrogen-bond acceptors (Lipinski definition) is 5. The second kappa shape index (κ2) is 8.55. The maximum atomic E-state index is 12.0. The number of benzene rings is 1. The van der Waals surface area contributed by atoms with Crippen LogP contribution in [0.2, 0.25) is 0 Å². The molecule has 0 unspecified atom stereocenters. The second-order valence-electron chi connectivity index (χ2n) is 5.93. The molecule has 7 nitrogen and oxygen atoms in total. The summed E-state index contributed by atoms with van der Waals surface area (Å²) in [4.78, 5) is 23.9. The summed E-state index contributed by atoms with van der Waals surface area (Å²) in [6.07, 6.45) is 0.367. The van der Waals surface area contributed by atoms with E-state index in [-0.39, 0.29) is 17.5 Å². The van der Waals surface area contributed by atoms with Crippen LogP contribution >= 0.6 is 0 Å². The highest BCUT2D eigenvalue weighted by atomic mass is 16.5. The van der Waals surface area contributed by atoms with Crippen LogP contribution in [0.4, 0.5) is 0 Å². The number of aromatic nitrogens is 2. The molecular formula is C18H22N4O3. The minimum absolute atomic E-state index is 0.0519. The molecule has 132 valence electrons. The Hall–Kier alpha value is -2.51. The van der Waals surface area contributed by atoms with E-state index in [2.05, 4.69) is 15.7 Å². The summed E-state index contributed by atoms with van der Waals surface area (Å²) >= 11 is 0. The van der Waals surface area contributed by atoms with Gasteiger partial charge >= 0.3 is 0 Å². The van der Waals surface area contributed by atoms with E-state index < -0.39 is 0 Å². The molecule has 0 spiro atoms. The molecule has 0 saturated carbocycles. The van der Waals surface area contributed by atoms with Gasteiger partial charge in [0.05, 0.1) is 25.5 Å². The molecule has 1 saturated heterocycles.